The molecule has 0 aromatic heterocycles. The number of anilines is 1. The van der Waals surface area contributed by atoms with Crippen molar-refractivity contribution in [2.75, 3.05) is 24.7 Å². The van der Waals surface area contributed by atoms with E-state index in [1.54, 1.807) is 25.1 Å². The SMILES string of the molecule is CC[C@H](C)[C@H](NC(=O)C1CC(=O)N(c2ccc3c(c2)OCCO3)C1)C(=O)O. The average molecular weight is 376 g/mol. The van der Waals surface area contributed by atoms with Gasteiger partial charge in [-0.1, -0.05) is 20.3 Å². The van der Waals surface area contributed by atoms with E-state index < -0.39 is 23.8 Å². The molecule has 0 bridgehead atoms. The summed E-state index contributed by atoms with van der Waals surface area (Å²) in [6.45, 7) is 4.78. The second kappa shape index (κ2) is 7.85. The number of nitrogens with one attached hydrogen (secondary N) is 1. The molecule has 3 atom stereocenters. The number of rotatable bonds is 6. The summed E-state index contributed by atoms with van der Waals surface area (Å²) in [5.74, 6) is -1.23. The van der Waals surface area contributed by atoms with Gasteiger partial charge in [-0.2, -0.15) is 0 Å². The Bertz CT molecular complexity index is 750. The number of carboxylic acids is 1. The minimum Gasteiger partial charge on any atom is -0.486 e. The van der Waals surface area contributed by atoms with Crippen LogP contribution in [-0.4, -0.2) is 48.7 Å². The van der Waals surface area contributed by atoms with Crippen molar-refractivity contribution >= 4 is 23.5 Å². The number of hydrogen-bond donors (Lipinski definition) is 2. The van der Waals surface area contributed by atoms with E-state index in [1.165, 1.54) is 4.90 Å². The third-order valence-electron chi connectivity index (χ3n) is 5.11. The average Bonchev–Trinajstić information content (AvgIpc) is 3.06. The van der Waals surface area contributed by atoms with Crippen LogP contribution in [0.25, 0.3) is 0 Å². The van der Waals surface area contributed by atoms with E-state index in [0.717, 1.165) is 0 Å². The molecule has 1 saturated heterocycles. The fourth-order valence-corrected chi connectivity index (χ4v) is 3.29. The minimum atomic E-state index is -1.06. The Kier molecular flexibility index (Phi) is 5.53. The molecule has 8 nitrogen and oxygen atoms in total. The van der Waals surface area contributed by atoms with Crippen LogP contribution in [0.2, 0.25) is 0 Å². The number of aliphatic carboxylic acids is 1. The molecule has 0 radical (unpaired) electrons. The maximum atomic E-state index is 12.5. The zero-order valence-corrected chi connectivity index (χ0v) is 15.4. The van der Waals surface area contributed by atoms with Gasteiger partial charge in [-0.3, -0.25) is 9.59 Å². The summed E-state index contributed by atoms with van der Waals surface area (Å²) in [6.07, 6.45) is 0.678. The quantitative estimate of drug-likeness (QED) is 0.778. The van der Waals surface area contributed by atoms with E-state index in [9.17, 15) is 19.5 Å². The van der Waals surface area contributed by atoms with Crippen LogP contribution in [-0.2, 0) is 14.4 Å². The first kappa shape index (κ1) is 19.0. The molecule has 2 aliphatic rings. The lowest BCUT2D eigenvalue weighted by Gasteiger charge is -2.23. The summed E-state index contributed by atoms with van der Waals surface area (Å²) in [6, 6.07) is 4.27. The standard InChI is InChI=1S/C19H24N2O6/c1-3-11(2)17(19(24)25)20-18(23)12-8-16(22)21(10-12)13-4-5-14-15(9-13)27-7-6-26-14/h4-5,9,11-12,17H,3,6-8,10H2,1-2H3,(H,20,23)(H,24,25)/t11-,12?,17-/m0/s1. The number of benzene rings is 1. The minimum absolute atomic E-state index is 0.0487. The Morgan fingerprint density at radius 2 is 2.00 bits per heavy atom. The van der Waals surface area contributed by atoms with Crippen LogP contribution in [0.15, 0.2) is 18.2 Å². The first-order valence-electron chi connectivity index (χ1n) is 9.14. The van der Waals surface area contributed by atoms with Crippen molar-refractivity contribution in [1.82, 2.24) is 5.32 Å². The lowest BCUT2D eigenvalue weighted by atomic mass is 9.98. The smallest absolute Gasteiger partial charge is 0.326 e. The number of amides is 2. The highest BCUT2D eigenvalue weighted by Gasteiger charge is 2.37. The number of hydrogen-bond acceptors (Lipinski definition) is 5. The number of ether oxygens (including phenoxy) is 2. The first-order valence-corrected chi connectivity index (χ1v) is 9.14. The maximum Gasteiger partial charge on any atom is 0.326 e. The molecule has 146 valence electrons. The van der Waals surface area contributed by atoms with Crippen LogP contribution < -0.4 is 19.7 Å². The van der Waals surface area contributed by atoms with Gasteiger partial charge in [0.15, 0.2) is 11.5 Å². The topological polar surface area (TPSA) is 105 Å². The second-order valence-corrected chi connectivity index (χ2v) is 6.94. The van der Waals surface area contributed by atoms with Gasteiger partial charge in [-0.25, -0.2) is 4.79 Å². The Hall–Kier alpha value is -2.77. The van der Waals surface area contributed by atoms with E-state index in [2.05, 4.69) is 5.32 Å². The van der Waals surface area contributed by atoms with Gasteiger partial charge >= 0.3 is 5.97 Å². The van der Waals surface area contributed by atoms with Gasteiger partial charge in [0, 0.05) is 24.7 Å². The Morgan fingerprint density at radius 1 is 1.30 bits per heavy atom. The fraction of sp³-hybridized carbons (Fsp3) is 0.526. The number of carbonyl (C=O) groups is 3. The summed E-state index contributed by atoms with van der Waals surface area (Å²) in [4.78, 5) is 37.9. The van der Waals surface area contributed by atoms with Crippen LogP contribution in [0, 0.1) is 11.8 Å². The summed E-state index contributed by atoms with van der Waals surface area (Å²) in [7, 11) is 0. The molecule has 2 heterocycles. The van der Waals surface area contributed by atoms with Crippen molar-refractivity contribution < 1.29 is 29.0 Å². The van der Waals surface area contributed by atoms with Crippen LogP contribution in [0.5, 0.6) is 11.5 Å². The molecule has 1 unspecified atom stereocenters. The van der Waals surface area contributed by atoms with Gasteiger partial charge in [-0.15, -0.1) is 0 Å². The van der Waals surface area contributed by atoms with Gasteiger partial charge in [-0.05, 0) is 18.1 Å². The Labute approximate surface area is 157 Å². The van der Waals surface area contributed by atoms with Crippen molar-refractivity contribution in [1.29, 1.82) is 0 Å². The lowest BCUT2D eigenvalue weighted by Crippen LogP contribution is -2.47. The highest BCUT2D eigenvalue weighted by molar-refractivity contribution is 6.01. The molecule has 1 aromatic rings. The second-order valence-electron chi connectivity index (χ2n) is 6.94. The predicted octanol–water partition coefficient (Wildman–Crippen LogP) is 1.43. The number of nitrogens with zero attached hydrogens (tertiary/aromatic N) is 1. The summed E-state index contributed by atoms with van der Waals surface area (Å²) < 4.78 is 11.0. The molecule has 2 aliphatic heterocycles. The van der Waals surface area contributed by atoms with Crippen molar-refractivity contribution in [2.24, 2.45) is 11.8 Å². The first-order chi connectivity index (χ1) is 12.9. The van der Waals surface area contributed by atoms with Crippen molar-refractivity contribution in [3.8, 4) is 11.5 Å². The molecule has 2 amide bonds. The van der Waals surface area contributed by atoms with Gasteiger partial charge in [0.05, 0.1) is 5.92 Å². The monoisotopic (exact) mass is 376 g/mol. The van der Waals surface area contributed by atoms with Gasteiger partial charge < -0.3 is 24.8 Å². The molecule has 8 heteroatoms. The van der Waals surface area contributed by atoms with E-state index in [1.807, 2.05) is 6.92 Å². The molecule has 3 rings (SSSR count). The third kappa shape index (κ3) is 3.99. The van der Waals surface area contributed by atoms with E-state index in [-0.39, 0.29) is 24.8 Å². The lowest BCUT2D eigenvalue weighted by molar-refractivity contribution is -0.143. The van der Waals surface area contributed by atoms with Crippen LogP contribution in [0.1, 0.15) is 26.7 Å². The highest BCUT2D eigenvalue weighted by Crippen LogP contribution is 2.36. The number of fused-ring (bicyclic) bond motifs is 1. The zero-order chi connectivity index (χ0) is 19.6. The highest BCUT2D eigenvalue weighted by atomic mass is 16.6. The van der Waals surface area contributed by atoms with Crippen LogP contribution >= 0.6 is 0 Å². The Morgan fingerprint density at radius 3 is 2.67 bits per heavy atom. The maximum absolute atomic E-state index is 12.5. The molecule has 1 aromatic carbocycles. The van der Waals surface area contributed by atoms with Gasteiger partial charge in [0.2, 0.25) is 11.8 Å². The summed E-state index contributed by atoms with van der Waals surface area (Å²) in [5, 5.41) is 11.9. The summed E-state index contributed by atoms with van der Waals surface area (Å²) in [5.41, 5.74) is 0.635. The van der Waals surface area contributed by atoms with Crippen LogP contribution in [0.4, 0.5) is 5.69 Å². The van der Waals surface area contributed by atoms with E-state index >= 15 is 0 Å². The van der Waals surface area contributed by atoms with E-state index in [4.69, 9.17) is 9.47 Å². The van der Waals surface area contributed by atoms with Crippen molar-refractivity contribution in [3.63, 3.8) is 0 Å². The molecule has 0 saturated carbocycles. The summed E-state index contributed by atoms with van der Waals surface area (Å²) >= 11 is 0. The molecule has 0 spiro atoms. The predicted molar refractivity (Wildman–Crippen MR) is 96.9 cm³/mol. The van der Waals surface area contributed by atoms with Crippen molar-refractivity contribution in [2.45, 2.75) is 32.7 Å². The molecular weight excluding hydrogens is 352 g/mol. The third-order valence-corrected chi connectivity index (χ3v) is 5.11. The molecule has 27 heavy (non-hydrogen) atoms. The molecule has 1 fully saturated rings. The molecule has 2 N–H and O–H groups in total. The van der Waals surface area contributed by atoms with Gasteiger partial charge in [0.25, 0.3) is 0 Å². The van der Waals surface area contributed by atoms with E-state index in [0.29, 0.717) is 36.8 Å². The fourth-order valence-electron chi connectivity index (χ4n) is 3.29. The largest absolute Gasteiger partial charge is 0.486 e. The number of carboxylic acid groups (broad SMARTS) is 1. The normalized spacial score (nSPS) is 20.9. The zero-order valence-electron chi connectivity index (χ0n) is 15.4. The Balaban J connectivity index is 1.69. The molecular formula is C19H24N2O6. The van der Waals surface area contributed by atoms with Crippen molar-refractivity contribution in [3.05, 3.63) is 18.2 Å². The van der Waals surface area contributed by atoms with Crippen LogP contribution in [0.3, 0.4) is 0 Å². The molecule has 0 aliphatic carbocycles. The van der Waals surface area contributed by atoms with Gasteiger partial charge in [0.1, 0.15) is 19.3 Å². The number of carbonyl (C=O) groups excluding carboxylic acids is 2.